The molecule has 2 heteroatoms. The summed E-state index contributed by atoms with van der Waals surface area (Å²) >= 11 is 0. The first-order valence-electron chi connectivity index (χ1n) is 7.96. The molecule has 0 aliphatic heterocycles. The van der Waals surface area contributed by atoms with Gasteiger partial charge in [-0.3, -0.25) is 0 Å². The Labute approximate surface area is 114 Å². The zero-order chi connectivity index (χ0) is 13.3. The van der Waals surface area contributed by atoms with Crippen molar-refractivity contribution in [2.24, 2.45) is 11.3 Å². The maximum atomic E-state index is 5.13. The van der Waals surface area contributed by atoms with E-state index >= 15 is 0 Å². The Hall–Kier alpha value is -0.0800. The van der Waals surface area contributed by atoms with Crippen LogP contribution < -0.4 is 5.32 Å². The monoisotopic (exact) mass is 255 g/mol. The van der Waals surface area contributed by atoms with E-state index in [0.717, 1.165) is 19.1 Å². The molecule has 0 aromatic heterocycles. The van der Waals surface area contributed by atoms with Gasteiger partial charge >= 0.3 is 0 Å². The Morgan fingerprint density at radius 1 is 1.11 bits per heavy atom. The van der Waals surface area contributed by atoms with E-state index in [1.807, 2.05) is 0 Å². The van der Waals surface area contributed by atoms with Crippen LogP contribution in [0.3, 0.4) is 0 Å². The summed E-state index contributed by atoms with van der Waals surface area (Å²) in [4.78, 5) is 0. The Morgan fingerprint density at radius 2 is 1.78 bits per heavy atom. The van der Waals surface area contributed by atoms with Crippen LogP contribution in [0.15, 0.2) is 0 Å². The molecule has 108 valence electrons. The molecule has 0 heterocycles. The second-order valence-corrected chi connectivity index (χ2v) is 6.12. The highest BCUT2D eigenvalue weighted by Gasteiger charge is 2.33. The lowest BCUT2D eigenvalue weighted by molar-refractivity contribution is 0.127. The Balaban J connectivity index is 2.46. The van der Waals surface area contributed by atoms with Gasteiger partial charge in [0.2, 0.25) is 0 Å². The number of rotatable bonds is 9. The minimum Gasteiger partial charge on any atom is -0.383 e. The summed E-state index contributed by atoms with van der Waals surface area (Å²) in [7, 11) is 1.78. The lowest BCUT2D eigenvalue weighted by Gasteiger charge is -2.40. The summed E-state index contributed by atoms with van der Waals surface area (Å²) in [5.74, 6) is 0.923. The van der Waals surface area contributed by atoms with E-state index in [4.69, 9.17) is 4.74 Å². The number of hydrogen-bond acceptors (Lipinski definition) is 2. The quantitative estimate of drug-likeness (QED) is 0.629. The highest BCUT2D eigenvalue weighted by Crippen LogP contribution is 2.42. The molecule has 0 spiro atoms. The zero-order valence-corrected chi connectivity index (χ0v) is 12.8. The van der Waals surface area contributed by atoms with Crippen LogP contribution >= 0.6 is 0 Å². The smallest absolute Gasteiger partial charge is 0.0587 e. The van der Waals surface area contributed by atoms with E-state index in [2.05, 4.69) is 19.2 Å². The highest BCUT2D eigenvalue weighted by molar-refractivity contribution is 4.86. The lowest BCUT2D eigenvalue weighted by Crippen LogP contribution is -2.38. The molecule has 1 aliphatic rings. The normalized spacial score (nSPS) is 19.3. The summed E-state index contributed by atoms with van der Waals surface area (Å²) in [6, 6.07) is 0. The summed E-state index contributed by atoms with van der Waals surface area (Å²) in [5.41, 5.74) is 0.586. The third-order valence-electron chi connectivity index (χ3n) is 4.77. The van der Waals surface area contributed by atoms with Crippen LogP contribution in [0.25, 0.3) is 0 Å². The van der Waals surface area contributed by atoms with Gasteiger partial charge in [-0.15, -0.1) is 0 Å². The number of nitrogens with one attached hydrogen (secondary N) is 1. The summed E-state index contributed by atoms with van der Waals surface area (Å²) in [6.07, 6.45) is 11.3. The third-order valence-corrected chi connectivity index (χ3v) is 4.77. The minimum absolute atomic E-state index is 0.586. The predicted molar refractivity (Wildman–Crippen MR) is 79.0 cm³/mol. The molecule has 2 nitrogen and oxygen atoms in total. The molecule has 1 aliphatic carbocycles. The molecule has 1 N–H and O–H groups in total. The number of methoxy groups -OCH3 is 1. The number of ether oxygens (including phenoxy) is 1. The summed E-state index contributed by atoms with van der Waals surface area (Å²) in [5, 5.41) is 3.63. The first-order valence-corrected chi connectivity index (χ1v) is 7.96. The number of hydrogen-bond donors (Lipinski definition) is 1. The molecule has 0 aromatic rings. The Bertz CT molecular complexity index is 195. The minimum atomic E-state index is 0.586. The molecule has 0 amide bonds. The van der Waals surface area contributed by atoms with Crippen molar-refractivity contribution in [1.29, 1.82) is 0 Å². The van der Waals surface area contributed by atoms with Crippen LogP contribution in [0.1, 0.15) is 65.2 Å². The molecule has 0 aromatic carbocycles. The second-order valence-electron chi connectivity index (χ2n) is 6.12. The fourth-order valence-corrected chi connectivity index (χ4v) is 3.47. The van der Waals surface area contributed by atoms with Crippen LogP contribution in [0.4, 0.5) is 0 Å². The van der Waals surface area contributed by atoms with Gasteiger partial charge in [0.05, 0.1) is 6.61 Å². The molecule has 0 radical (unpaired) electrons. The summed E-state index contributed by atoms with van der Waals surface area (Å²) in [6.45, 7) is 7.74. The molecule has 0 atom stereocenters. The van der Waals surface area contributed by atoms with E-state index in [-0.39, 0.29) is 0 Å². The van der Waals surface area contributed by atoms with Gasteiger partial charge in [0.1, 0.15) is 0 Å². The van der Waals surface area contributed by atoms with E-state index in [1.54, 1.807) is 7.11 Å². The van der Waals surface area contributed by atoms with Gasteiger partial charge in [-0.25, -0.2) is 0 Å². The Morgan fingerprint density at radius 3 is 2.33 bits per heavy atom. The molecular weight excluding hydrogens is 222 g/mol. The zero-order valence-electron chi connectivity index (χ0n) is 12.8. The molecule has 0 saturated heterocycles. The second kappa shape index (κ2) is 8.92. The van der Waals surface area contributed by atoms with Crippen molar-refractivity contribution in [3.63, 3.8) is 0 Å². The predicted octanol–water partition coefficient (Wildman–Crippen LogP) is 4.00. The molecule has 1 saturated carbocycles. The van der Waals surface area contributed by atoms with Gasteiger partial charge in [0, 0.05) is 20.2 Å². The highest BCUT2D eigenvalue weighted by atomic mass is 16.5. The maximum Gasteiger partial charge on any atom is 0.0587 e. The molecule has 18 heavy (non-hydrogen) atoms. The fourth-order valence-electron chi connectivity index (χ4n) is 3.47. The third kappa shape index (κ3) is 5.27. The molecule has 0 bridgehead atoms. The van der Waals surface area contributed by atoms with Crippen LogP contribution in [0, 0.1) is 11.3 Å². The van der Waals surface area contributed by atoms with Crippen molar-refractivity contribution in [3.05, 3.63) is 0 Å². The van der Waals surface area contributed by atoms with Gasteiger partial charge < -0.3 is 10.1 Å². The van der Waals surface area contributed by atoms with Gasteiger partial charge in [-0.1, -0.05) is 46.0 Å². The topological polar surface area (TPSA) is 21.3 Å². The fraction of sp³-hybridized carbons (Fsp3) is 1.00. The van der Waals surface area contributed by atoms with E-state index in [0.29, 0.717) is 5.41 Å². The van der Waals surface area contributed by atoms with Crippen molar-refractivity contribution in [2.45, 2.75) is 65.2 Å². The van der Waals surface area contributed by atoms with Gasteiger partial charge in [0.15, 0.2) is 0 Å². The van der Waals surface area contributed by atoms with Crippen LogP contribution in [-0.2, 0) is 4.74 Å². The van der Waals surface area contributed by atoms with Crippen LogP contribution in [0.2, 0.25) is 0 Å². The van der Waals surface area contributed by atoms with Gasteiger partial charge in [-0.2, -0.15) is 0 Å². The molecule has 1 rings (SSSR count). The lowest BCUT2D eigenvalue weighted by atomic mass is 9.68. The average Bonchev–Trinajstić information content (AvgIpc) is 2.42. The van der Waals surface area contributed by atoms with Crippen LogP contribution in [-0.4, -0.2) is 26.8 Å². The Kier molecular flexibility index (Phi) is 7.92. The van der Waals surface area contributed by atoms with Crippen molar-refractivity contribution >= 4 is 0 Å². The van der Waals surface area contributed by atoms with Crippen molar-refractivity contribution in [2.75, 3.05) is 26.8 Å². The van der Waals surface area contributed by atoms with E-state index in [9.17, 15) is 0 Å². The van der Waals surface area contributed by atoms with Gasteiger partial charge in [-0.05, 0) is 30.6 Å². The first kappa shape index (κ1) is 16.0. The van der Waals surface area contributed by atoms with Crippen LogP contribution in [0.5, 0.6) is 0 Å². The molecule has 1 fully saturated rings. The van der Waals surface area contributed by atoms with Crippen molar-refractivity contribution in [3.8, 4) is 0 Å². The van der Waals surface area contributed by atoms with Gasteiger partial charge in [0.25, 0.3) is 0 Å². The maximum absolute atomic E-state index is 5.13. The average molecular weight is 255 g/mol. The molecular formula is C16H33NO. The largest absolute Gasteiger partial charge is 0.383 e. The standard InChI is InChI=1S/C16H33NO/c1-4-15(5-2)13-16(9-7-6-8-10-16)14-17-11-12-18-3/h15,17H,4-14H2,1-3H3. The SMILES string of the molecule is CCC(CC)CC1(CNCCOC)CCCCC1. The van der Waals surface area contributed by atoms with E-state index in [1.165, 1.54) is 57.9 Å². The first-order chi connectivity index (χ1) is 8.76. The van der Waals surface area contributed by atoms with Crippen molar-refractivity contribution < 1.29 is 4.74 Å². The van der Waals surface area contributed by atoms with Crippen molar-refractivity contribution in [1.82, 2.24) is 5.32 Å². The molecule has 0 unspecified atom stereocenters. The van der Waals surface area contributed by atoms with E-state index < -0.39 is 0 Å². The summed E-state index contributed by atoms with van der Waals surface area (Å²) < 4.78 is 5.13.